The second-order valence-corrected chi connectivity index (χ2v) is 5.21. The molecule has 0 spiro atoms. The number of hydrogen-bond donors (Lipinski definition) is 2. The first kappa shape index (κ1) is 11.7. The van der Waals surface area contributed by atoms with Gasteiger partial charge < -0.3 is 0 Å². The van der Waals surface area contributed by atoms with Gasteiger partial charge in [-0.15, -0.1) is 0 Å². The summed E-state index contributed by atoms with van der Waals surface area (Å²) in [6.45, 7) is -0.217. The summed E-state index contributed by atoms with van der Waals surface area (Å²) in [4.78, 5) is 12.9. The molecule has 0 unspecified atom stereocenters. The number of hydrogen-bond acceptors (Lipinski definition) is 4. The fourth-order valence-corrected chi connectivity index (χ4v) is 2.10. The Hall–Kier alpha value is -1.73. The molecule has 0 aliphatic carbocycles. The molecule has 0 atom stereocenters. The number of rotatable bonds is 3. The summed E-state index contributed by atoms with van der Waals surface area (Å²) in [6, 6.07) is 6.59. The van der Waals surface area contributed by atoms with Gasteiger partial charge in [0, 0.05) is 12.1 Å². The summed E-state index contributed by atoms with van der Waals surface area (Å²) in [5.74, 6) is -1.02. The Labute approximate surface area is 98.1 Å². The van der Waals surface area contributed by atoms with Crippen LogP contribution in [0.5, 0.6) is 0 Å². The molecule has 1 amide bonds. The first-order valence-corrected chi connectivity index (χ1v) is 6.46. The van der Waals surface area contributed by atoms with Crippen LogP contribution in [0.2, 0.25) is 0 Å². The average Bonchev–Trinajstić information content (AvgIpc) is 2.49. The van der Waals surface area contributed by atoms with Crippen LogP contribution >= 0.6 is 0 Å². The summed E-state index contributed by atoms with van der Waals surface area (Å²) in [7, 11) is -4.14. The van der Waals surface area contributed by atoms with Crippen molar-refractivity contribution >= 4 is 21.9 Å². The maximum atomic E-state index is 11.8. The lowest BCUT2D eigenvalue weighted by Gasteiger charge is -2.14. The normalized spacial score (nSPS) is 15.2. The van der Waals surface area contributed by atoms with Crippen molar-refractivity contribution in [2.75, 3.05) is 12.3 Å². The van der Waals surface area contributed by atoms with Crippen molar-refractivity contribution in [3.8, 4) is 0 Å². The van der Waals surface area contributed by atoms with Crippen LogP contribution in [0.3, 0.4) is 0 Å². The molecule has 7 heteroatoms. The predicted molar refractivity (Wildman–Crippen MR) is 60.7 cm³/mol. The fraction of sp³-hybridized carbons (Fsp3) is 0.200. The highest BCUT2D eigenvalue weighted by Crippen LogP contribution is 2.21. The third-order valence-corrected chi connectivity index (χ3v) is 3.20. The van der Waals surface area contributed by atoms with Gasteiger partial charge in [-0.1, -0.05) is 18.2 Å². The third kappa shape index (κ3) is 2.20. The molecule has 0 aromatic heterocycles. The molecular weight excluding hydrogens is 244 g/mol. The van der Waals surface area contributed by atoms with Gasteiger partial charge in [-0.05, 0) is 6.07 Å². The van der Waals surface area contributed by atoms with E-state index in [0.29, 0.717) is 11.1 Å². The van der Waals surface area contributed by atoms with E-state index in [4.69, 9.17) is 9.96 Å². The van der Waals surface area contributed by atoms with Crippen LogP contribution in [0, 0.1) is 5.41 Å². The SMILES string of the molecule is N=C1c2ccccc2C(=O)N1CCS(=O)(=O)O. The topological polar surface area (TPSA) is 98.5 Å². The third-order valence-electron chi connectivity index (χ3n) is 2.50. The van der Waals surface area contributed by atoms with Crippen molar-refractivity contribution in [2.45, 2.75) is 0 Å². The molecule has 1 aliphatic rings. The van der Waals surface area contributed by atoms with Gasteiger partial charge in [-0.2, -0.15) is 8.42 Å². The van der Waals surface area contributed by atoms with Crippen molar-refractivity contribution in [3.05, 3.63) is 35.4 Å². The highest BCUT2D eigenvalue weighted by Gasteiger charge is 2.32. The summed E-state index contributed by atoms with van der Waals surface area (Å²) in [5.41, 5.74) is 0.862. The lowest BCUT2D eigenvalue weighted by molar-refractivity contribution is 0.0865. The highest BCUT2D eigenvalue weighted by molar-refractivity contribution is 7.85. The van der Waals surface area contributed by atoms with Crippen molar-refractivity contribution in [3.63, 3.8) is 0 Å². The first-order valence-electron chi connectivity index (χ1n) is 4.85. The Morgan fingerprint density at radius 2 is 1.82 bits per heavy atom. The van der Waals surface area contributed by atoms with Crippen LogP contribution in [0.4, 0.5) is 0 Å². The smallest absolute Gasteiger partial charge is 0.266 e. The van der Waals surface area contributed by atoms with E-state index in [1.807, 2.05) is 0 Å². The average molecular weight is 254 g/mol. The van der Waals surface area contributed by atoms with Crippen LogP contribution in [0.1, 0.15) is 15.9 Å². The molecule has 1 heterocycles. The van der Waals surface area contributed by atoms with Gasteiger partial charge in [0.25, 0.3) is 16.0 Å². The maximum Gasteiger partial charge on any atom is 0.266 e. The van der Waals surface area contributed by atoms with Gasteiger partial charge in [0.05, 0.1) is 11.3 Å². The molecule has 0 fully saturated rings. The Morgan fingerprint density at radius 3 is 2.35 bits per heavy atom. The van der Waals surface area contributed by atoms with Crippen molar-refractivity contribution < 1.29 is 17.8 Å². The van der Waals surface area contributed by atoms with Crippen LogP contribution in [-0.4, -0.2) is 41.9 Å². The van der Waals surface area contributed by atoms with Gasteiger partial charge >= 0.3 is 0 Å². The summed E-state index contributed by atoms with van der Waals surface area (Å²) in [5, 5.41) is 7.75. The van der Waals surface area contributed by atoms with Crippen LogP contribution < -0.4 is 0 Å². The molecule has 0 bridgehead atoms. The highest BCUT2D eigenvalue weighted by atomic mass is 32.2. The maximum absolute atomic E-state index is 11.8. The molecule has 1 aliphatic heterocycles. The number of fused-ring (bicyclic) bond motifs is 1. The van der Waals surface area contributed by atoms with Crippen LogP contribution in [0.15, 0.2) is 24.3 Å². The second-order valence-electron chi connectivity index (χ2n) is 3.64. The first-order chi connectivity index (χ1) is 7.90. The Bertz CT molecular complexity index is 559. The zero-order chi connectivity index (χ0) is 12.6. The van der Waals surface area contributed by atoms with Crippen LogP contribution in [0.25, 0.3) is 0 Å². The molecule has 0 saturated heterocycles. The van der Waals surface area contributed by atoms with Gasteiger partial charge in [0.15, 0.2) is 0 Å². The molecule has 0 saturated carbocycles. The van der Waals surface area contributed by atoms with Crippen molar-refractivity contribution in [1.82, 2.24) is 4.90 Å². The van der Waals surface area contributed by atoms with E-state index in [2.05, 4.69) is 0 Å². The molecular formula is C10H10N2O4S. The summed E-state index contributed by atoms with van der Waals surface area (Å²) < 4.78 is 29.9. The van der Waals surface area contributed by atoms with E-state index in [1.54, 1.807) is 24.3 Å². The van der Waals surface area contributed by atoms with E-state index < -0.39 is 21.8 Å². The Balaban J connectivity index is 2.25. The monoisotopic (exact) mass is 254 g/mol. The number of benzene rings is 1. The zero-order valence-electron chi connectivity index (χ0n) is 8.75. The number of carbonyl (C=O) groups is 1. The summed E-state index contributed by atoms with van der Waals surface area (Å²) >= 11 is 0. The number of carbonyl (C=O) groups excluding carboxylic acids is 1. The number of amidine groups is 1. The van der Waals surface area contributed by atoms with Gasteiger partial charge in [-0.25, -0.2) is 0 Å². The molecule has 2 N–H and O–H groups in total. The standard InChI is InChI=1S/C10H10N2O4S/c11-9-7-3-1-2-4-8(7)10(13)12(9)5-6-17(14,15)16/h1-4,11H,5-6H2,(H,14,15,16). The lowest BCUT2D eigenvalue weighted by atomic mass is 10.1. The minimum absolute atomic E-state index is 0.0331. The minimum atomic E-state index is -4.14. The molecule has 1 aromatic rings. The quantitative estimate of drug-likeness (QED) is 0.760. The number of nitrogens with zero attached hydrogens (tertiary/aromatic N) is 1. The fourth-order valence-electron chi connectivity index (χ4n) is 1.69. The predicted octanol–water partition coefficient (Wildman–Crippen LogP) is 0.356. The minimum Gasteiger partial charge on any atom is -0.292 e. The molecule has 0 radical (unpaired) electrons. The van der Waals surface area contributed by atoms with E-state index in [9.17, 15) is 13.2 Å². The number of nitrogens with one attached hydrogen (secondary N) is 1. The van der Waals surface area contributed by atoms with Crippen molar-refractivity contribution in [1.29, 1.82) is 5.41 Å². The zero-order valence-corrected chi connectivity index (χ0v) is 9.57. The second kappa shape index (κ2) is 3.94. The molecule has 17 heavy (non-hydrogen) atoms. The van der Waals surface area contributed by atoms with Crippen LogP contribution in [-0.2, 0) is 10.1 Å². The van der Waals surface area contributed by atoms with E-state index in [1.165, 1.54) is 0 Å². The molecule has 90 valence electrons. The van der Waals surface area contributed by atoms with E-state index in [-0.39, 0.29) is 12.4 Å². The van der Waals surface area contributed by atoms with Gasteiger partial charge in [0.2, 0.25) is 0 Å². The molecule has 1 aromatic carbocycles. The van der Waals surface area contributed by atoms with Gasteiger partial charge in [0.1, 0.15) is 5.84 Å². The Kier molecular flexibility index (Phi) is 2.72. The molecule has 6 nitrogen and oxygen atoms in total. The van der Waals surface area contributed by atoms with Gasteiger partial charge in [-0.3, -0.25) is 19.7 Å². The molecule has 2 rings (SSSR count). The Morgan fingerprint density at radius 1 is 1.24 bits per heavy atom. The van der Waals surface area contributed by atoms with E-state index in [0.717, 1.165) is 4.90 Å². The summed E-state index contributed by atoms with van der Waals surface area (Å²) in [6.07, 6.45) is 0. The van der Waals surface area contributed by atoms with E-state index >= 15 is 0 Å². The van der Waals surface area contributed by atoms with Crippen molar-refractivity contribution in [2.24, 2.45) is 0 Å². The largest absolute Gasteiger partial charge is 0.292 e. The lowest BCUT2D eigenvalue weighted by Crippen LogP contribution is -2.34. The number of amides is 1.